The van der Waals surface area contributed by atoms with Crippen molar-refractivity contribution in [1.82, 2.24) is 0 Å². The van der Waals surface area contributed by atoms with Gasteiger partial charge >= 0.3 is 11.9 Å². The molecule has 9 nitrogen and oxygen atoms in total. The molecule has 0 saturated carbocycles. The summed E-state index contributed by atoms with van der Waals surface area (Å²) >= 11 is 0. The maximum atomic E-state index is 12.9. The number of nitrogens with zero attached hydrogens (tertiary/aromatic N) is 1. The van der Waals surface area contributed by atoms with E-state index in [1.165, 1.54) is 385 Å². The summed E-state index contributed by atoms with van der Waals surface area (Å²) in [5, 5.41) is 0. The number of rotatable bonds is 80. The summed E-state index contributed by atoms with van der Waals surface area (Å²) in [7, 11) is 1.20. The van der Waals surface area contributed by atoms with Crippen LogP contribution in [0.1, 0.15) is 450 Å². The highest BCUT2D eigenvalue weighted by molar-refractivity contribution is 7.45. The topological polar surface area (TPSA) is 111 Å². The molecule has 0 aromatic carbocycles. The lowest BCUT2D eigenvalue weighted by atomic mass is 10.0. The van der Waals surface area contributed by atoms with Crippen molar-refractivity contribution in [3.8, 4) is 0 Å². The Morgan fingerprint density at radius 1 is 0.319 bits per heavy atom. The first-order valence-corrected chi connectivity index (χ1v) is 43.5. The lowest BCUT2D eigenvalue weighted by Crippen LogP contribution is -2.37. The number of ether oxygens (including phenoxy) is 2. The van der Waals surface area contributed by atoms with Crippen molar-refractivity contribution >= 4 is 19.8 Å². The molecule has 10 heteroatoms. The normalized spacial score (nSPS) is 13.0. The van der Waals surface area contributed by atoms with Crippen molar-refractivity contribution in [3.63, 3.8) is 0 Å². The third-order valence-electron chi connectivity index (χ3n) is 19.4. The molecule has 0 rings (SSSR count). The van der Waals surface area contributed by atoms with Crippen LogP contribution in [0.5, 0.6) is 0 Å². The van der Waals surface area contributed by atoms with Gasteiger partial charge in [-0.15, -0.1) is 0 Å². The number of esters is 2. The average molecular weight is 1350 g/mol. The molecule has 0 fully saturated rings. The van der Waals surface area contributed by atoms with Crippen LogP contribution in [0.2, 0.25) is 0 Å². The first-order valence-electron chi connectivity index (χ1n) is 42.0. The van der Waals surface area contributed by atoms with E-state index in [4.69, 9.17) is 18.5 Å². The van der Waals surface area contributed by atoms with Gasteiger partial charge in [-0.2, -0.15) is 0 Å². The van der Waals surface area contributed by atoms with Gasteiger partial charge in [-0.05, 0) is 64.2 Å². The van der Waals surface area contributed by atoms with Crippen LogP contribution in [0.4, 0.5) is 0 Å². The smallest absolute Gasteiger partial charge is 0.306 e. The zero-order valence-corrected chi connectivity index (χ0v) is 64.9. The molecule has 558 valence electrons. The number of carbonyl (C=O) groups is 2. The summed E-state index contributed by atoms with van der Waals surface area (Å²) in [4.78, 5) is 38.2. The summed E-state index contributed by atoms with van der Waals surface area (Å²) in [5.41, 5.74) is 0. The van der Waals surface area contributed by atoms with Crippen LogP contribution in [0.3, 0.4) is 0 Å². The van der Waals surface area contributed by atoms with Crippen molar-refractivity contribution in [2.45, 2.75) is 457 Å². The number of unbranched alkanes of at least 4 members (excludes halogenated alkanes) is 62. The molecular weight excluding hydrogens is 1180 g/mol. The summed E-state index contributed by atoms with van der Waals surface area (Å²) in [6, 6.07) is 0. The maximum absolute atomic E-state index is 12.9. The van der Waals surface area contributed by atoms with Gasteiger partial charge in [0.2, 0.25) is 0 Å². The molecule has 0 N–H and O–H groups in total. The predicted molar refractivity (Wildman–Crippen MR) is 407 cm³/mol. The number of allylic oxidation sites excluding steroid dienone is 4. The third-order valence-corrected chi connectivity index (χ3v) is 20.4. The second kappa shape index (κ2) is 75.7. The van der Waals surface area contributed by atoms with Gasteiger partial charge in [0.1, 0.15) is 19.8 Å². The van der Waals surface area contributed by atoms with E-state index >= 15 is 0 Å². The van der Waals surface area contributed by atoms with E-state index in [-0.39, 0.29) is 32.0 Å². The molecule has 0 amide bonds. The van der Waals surface area contributed by atoms with Gasteiger partial charge < -0.3 is 27.9 Å². The third kappa shape index (κ3) is 79.5. The molecule has 2 unspecified atom stereocenters. The van der Waals surface area contributed by atoms with Crippen LogP contribution in [0.25, 0.3) is 0 Å². The Hall–Kier alpha value is -1.51. The fourth-order valence-corrected chi connectivity index (χ4v) is 13.7. The highest BCUT2D eigenvalue weighted by atomic mass is 31.2. The van der Waals surface area contributed by atoms with Crippen LogP contribution in [0, 0.1) is 0 Å². The lowest BCUT2D eigenvalue weighted by Gasteiger charge is -2.28. The van der Waals surface area contributed by atoms with Crippen molar-refractivity contribution in [2.75, 3.05) is 47.5 Å². The number of hydrogen-bond acceptors (Lipinski definition) is 8. The van der Waals surface area contributed by atoms with Gasteiger partial charge in [0, 0.05) is 12.8 Å². The number of phosphoric acid groups is 1. The number of likely N-dealkylation sites (N-methyl/N-ethyl adjacent to an activating group) is 1. The molecule has 0 aliphatic carbocycles. The fourth-order valence-electron chi connectivity index (χ4n) is 13.0. The zero-order valence-electron chi connectivity index (χ0n) is 64.0. The average Bonchev–Trinajstić information content (AvgIpc) is 1.57. The summed E-state index contributed by atoms with van der Waals surface area (Å²) in [5.74, 6) is -0.804. The Morgan fingerprint density at radius 3 is 0.787 bits per heavy atom. The van der Waals surface area contributed by atoms with E-state index in [9.17, 15) is 19.0 Å². The molecule has 0 aromatic heterocycles. The second-order valence-corrected chi connectivity index (χ2v) is 31.6. The van der Waals surface area contributed by atoms with Crippen LogP contribution < -0.4 is 4.89 Å². The minimum atomic E-state index is -4.64. The van der Waals surface area contributed by atoms with Crippen LogP contribution in [-0.4, -0.2) is 70.0 Å². The van der Waals surface area contributed by atoms with E-state index in [1.54, 1.807) is 0 Å². The molecule has 0 aliphatic rings. The second-order valence-electron chi connectivity index (χ2n) is 30.2. The standard InChI is InChI=1S/C84H164NO8P/c1-6-8-10-12-14-16-18-20-22-24-26-28-30-32-34-36-37-38-39-40-41-42-43-44-45-46-47-49-51-53-55-57-59-61-63-65-67-69-71-73-75-77-84(87)93-82(81-92-94(88,89)91-79-78-85(3,4)5)80-90-83(86)76-74-72-70-68-66-64-62-60-58-56-54-52-50-48-35-33-31-29-27-25-23-21-19-17-15-13-11-9-7-2/h24-27,82H,6-23,28-81H2,1-5H3/b26-24-,27-25-. The Bertz CT molecular complexity index is 1630. The van der Waals surface area contributed by atoms with Crippen molar-refractivity contribution in [3.05, 3.63) is 24.3 Å². The van der Waals surface area contributed by atoms with Gasteiger partial charge in [-0.3, -0.25) is 14.2 Å². The van der Waals surface area contributed by atoms with Crippen LogP contribution in [-0.2, 0) is 32.7 Å². The van der Waals surface area contributed by atoms with Crippen LogP contribution in [0.15, 0.2) is 24.3 Å². The first kappa shape index (κ1) is 92.5. The minimum Gasteiger partial charge on any atom is -0.756 e. The highest BCUT2D eigenvalue weighted by Gasteiger charge is 2.22. The molecule has 0 aromatic rings. The summed E-state index contributed by atoms with van der Waals surface area (Å²) in [6.07, 6.45) is 97.6. The Kier molecular flexibility index (Phi) is 74.5. The Morgan fingerprint density at radius 2 is 0.543 bits per heavy atom. The number of quaternary nitrogens is 1. The van der Waals surface area contributed by atoms with E-state index in [0.29, 0.717) is 17.4 Å². The minimum absolute atomic E-state index is 0.0264. The number of hydrogen-bond donors (Lipinski definition) is 0. The molecule has 0 saturated heterocycles. The predicted octanol–water partition coefficient (Wildman–Crippen LogP) is 27.3. The molecule has 0 spiro atoms. The number of phosphoric ester groups is 1. The molecular formula is C84H164NO8P. The van der Waals surface area contributed by atoms with Gasteiger partial charge in [-0.25, -0.2) is 0 Å². The Labute approximate surface area is 587 Å². The lowest BCUT2D eigenvalue weighted by molar-refractivity contribution is -0.870. The van der Waals surface area contributed by atoms with E-state index in [1.807, 2.05) is 21.1 Å². The van der Waals surface area contributed by atoms with E-state index in [0.717, 1.165) is 32.1 Å². The summed E-state index contributed by atoms with van der Waals surface area (Å²) < 4.78 is 34.4. The number of carbonyl (C=O) groups excluding carboxylic acids is 2. The SMILES string of the molecule is CCCCCCCCCC/C=C\CCCCCCCCCCCCCCCCCCCCCCCCCCCCCCCC(=O)OC(COC(=O)CCCCCCCCCCCCCCCCCCC/C=C\CCCCCCCCCC)COP(=O)([O-])OCC[N+](C)(C)C. The molecule has 0 bridgehead atoms. The molecule has 2 atom stereocenters. The molecule has 94 heavy (non-hydrogen) atoms. The van der Waals surface area contributed by atoms with Crippen LogP contribution >= 0.6 is 7.82 Å². The largest absolute Gasteiger partial charge is 0.756 e. The van der Waals surface area contributed by atoms with Crippen molar-refractivity contribution in [1.29, 1.82) is 0 Å². The molecule has 0 heterocycles. The summed E-state index contributed by atoms with van der Waals surface area (Å²) in [6.45, 7) is 4.33. The van der Waals surface area contributed by atoms with E-state index in [2.05, 4.69) is 38.2 Å². The van der Waals surface area contributed by atoms with Gasteiger partial charge in [0.15, 0.2) is 6.10 Å². The van der Waals surface area contributed by atoms with Crippen molar-refractivity contribution in [2.24, 2.45) is 0 Å². The quantitative estimate of drug-likeness (QED) is 0.0195. The monoisotopic (exact) mass is 1350 g/mol. The fraction of sp³-hybridized carbons (Fsp3) is 0.929. The van der Waals surface area contributed by atoms with Gasteiger partial charge in [0.25, 0.3) is 7.82 Å². The molecule has 0 aliphatic heterocycles. The first-order chi connectivity index (χ1) is 46.0. The zero-order chi connectivity index (χ0) is 68.3. The maximum Gasteiger partial charge on any atom is 0.306 e. The van der Waals surface area contributed by atoms with Crippen molar-refractivity contribution < 1.29 is 42.1 Å². The van der Waals surface area contributed by atoms with Gasteiger partial charge in [0.05, 0.1) is 27.7 Å². The molecule has 0 radical (unpaired) electrons. The van der Waals surface area contributed by atoms with Gasteiger partial charge in [-0.1, -0.05) is 398 Å². The highest BCUT2D eigenvalue weighted by Crippen LogP contribution is 2.38. The Balaban J connectivity index is 3.85. The van der Waals surface area contributed by atoms with E-state index < -0.39 is 26.5 Å².